The Hall–Kier alpha value is -1.16. The number of allylic oxidation sites excluding steroid dienone is 4. The summed E-state index contributed by atoms with van der Waals surface area (Å²) in [5.41, 5.74) is 1.51. The van der Waals surface area contributed by atoms with Gasteiger partial charge in [0, 0.05) is 0 Å². The van der Waals surface area contributed by atoms with Crippen LogP contribution in [0, 0.1) is 18.4 Å². The van der Waals surface area contributed by atoms with Crippen molar-refractivity contribution in [2.75, 3.05) is 0 Å². The Kier molecular flexibility index (Phi) is 7.74. The van der Waals surface area contributed by atoms with Crippen LogP contribution in [0.2, 0.25) is 0 Å². The van der Waals surface area contributed by atoms with Crippen molar-refractivity contribution in [1.29, 1.82) is 0 Å². The molecule has 0 fully saturated rings. The molecule has 1 rings (SSSR count). The van der Waals surface area contributed by atoms with Gasteiger partial charge in [-0.25, -0.2) is 0 Å². The highest BCUT2D eigenvalue weighted by molar-refractivity contribution is 5.22. The molecule has 1 aliphatic rings. The van der Waals surface area contributed by atoms with Gasteiger partial charge < -0.3 is 5.11 Å². The Bertz CT molecular complexity index is 230. The number of hydrogen-bond donors (Lipinski definition) is 1. The van der Waals surface area contributed by atoms with Gasteiger partial charge in [0.1, 0.15) is 6.11 Å². The van der Waals surface area contributed by atoms with E-state index in [0.717, 1.165) is 5.92 Å². The normalized spacial score (nSPS) is 18.9. The summed E-state index contributed by atoms with van der Waals surface area (Å²) in [4.78, 5) is 0. The maximum atomic E-state index is 7.10. The molecule has 0 aromatic carbocycles. The molecule has 1 unspecified atom stereocenters. The van der Waals surface area contributed by atoms with Crippen molar-refractivity contribution in [3.8, 4) is 12.5 Å². The minimum atomic E-state index is 0.829. The molecule has 0 aromatic rings. The summed E-state index contributed by atoms with van der Waals surface area (Å²) in [5.74, 6) is 0.829. The van der Waals surface area contributed by atoms with Gasteiger partial charge >= 0.3 is 0 Å². The highest BCUT2D eigenvalue weighted by Crippen LogP contribution is 2.21. The molecule has 1 nitrogen and oxygen atoms in total. The topological polar surface area (TPSA) is 20.2 Å². The zero-order valence-corrected chi connectivity index (χ0v) is 9.16. The van der Waals surface area contributed by atoms with Gasteiger partial charge in [-0.2, -0.15) is 0 Å². The Morgan fingerprint density at radius 3 is 2.57 bits per heavy atom. The van der Waals surface area contributed by atoms with E-state index in [2.05, 4.69) is 38.5 Å². The summed E-state index contributed by atoms with van der Waals surface area (Å²) < 4.78 is 0. The first-order valence-electron chi connectivity index (χ1n) is 5.25. The minimum Gasteiger partial charge on any atom is -0.462 e. The van der Waals surface area contributed by atoms with Gasteiger partial charge in [0.15, 0.2) is 0 Å². The molecule has 0 amide bonds. The quantitative estimate of drug-likeness (QED) is 0.677. The lowest BCUT2D eigenvalue weighted by Crippen LogP contribution is -1.98. The number of aliphatic hydroxyl groups is 1. The molecule has 14 heavy (non-hydrogen) atoms. The molecule has 0 saturated carbocycles. The van der Waals surface area contributed by atoms with Gasteiger partial charge in [-0.15, -0.1) is 0 Å². The second-order valence-corrected chi connectivity index (χ2v) is 3.41. The number of terminal acetylenes is 1. The third-order valence-electron chi connectivity index (χ3n) is 2.33. The lowest BCUT2D eigenvalue weighted by molar-refractivity contribution is 0.518. The van der Waals surface area contributed by atoms with Crippen molar-refractivity contribution < 1.29 is 5.11 Å². The van der Waals surface area contributed by atoms with E-state index in [4.69, 9.17) is 5.11 Å². The van der Waals surface area contributed by atoms with E-state index in [1.165, 1.54) is 37.4 Å². The molecule has 78 valence electrons. The average molecular weight is 192 g/mol. The van der Waals surface area contributed by atoms with Crippen molar-refractivity contribution in [3.63, 3.8) is 0 Å². The van der Waals surface area contributed by atoms with E-state index in [-0.39, 0.29) is 0 Å². The second-order valence-electron chi connectivity index (χ2n) is 3.41. The summed E-state index contributed by atoms with van der Waals surface area (Å²) in [5, 5.41) is 7.10. The molecule has 0 saturated heterocycles. The molecule has 0 radical (unpaired) electrons. The van der Waals surface area contributed by atoms with Crippen molar-refractivity contribution >= 4 is 0 Å². The molecule has 0 spiro atoms. The van der Waals surface area contributed by atoms with Gasteiger partial charge in [-0.1, -0.05) is 50.5 Å². The first kappa shape index (κ1) is 12.8. The molecule has 1 N–H and O–H groups in total. The standard InChI is InChI=1S/C11H18.C2H2O/c1-3-5-11-8-6-10(4-2)7-9-11;1-2-3/h6-8,11H,3-5,9H2,1-2H3;1,3H. The number of aliphatic hydroxyl groups excluding tert-OH is 1. The van der Waals surface area contributed by atoms with Crippen molar-refractivity contribution in [2.45, 2.75) is 39.5 Å². The van der Waals surface area contributed by atoms with Crippen LogP contribution >= 0.6 is 0 Å². The Labute approximate surface area is 87.5 Å². The summed E-state index contributed by atoms with van der Waals surface area (Å²) in [6, 6.07) is 0. The van der Waals surface area contributed by atoms with Crippen LogP contribution in [-0.2, 0) is 0 Å². The van der Waals surface area contributed by atoms with Crippen LogP contribution in [0.3, 0.4) is 0 Å². The third kappa shape index (κ3) is 5.48. The molecule has 0 bridgehead atoms. The largest absolute Gasteiger partial charge is 0.462 e. The summed E-state index contributed by atoms with van der Waals surface area (Å²) >= 11 is 0. The van der Waals surface area contributed by atoms with Crippen molar-refractivity contribution in [3.05, 3.63) is 23.8 Å². The number of hydrogen-bond acceptors (Lipinski definition) is 1. The zero-order valence-electron chi connectivity index (χ0n) is 9.16. The van der Waals surface area contributed by atoms with Crippen LogP contribution in [0.15, 0.2) is 23.8 Å². The van der Waals surface area contributed by atoms with Crippen LogP contribution in [-0.4, -0.2) is 5.11 Å². The Balaban J connectivity index is 0.000000500. The fourth-order valence-electron chi connectivity index (χ4n) is 1.56. The van der Waals surface area contributed by atoms with Crippen molar-refractivity contribution in [2.24, 2.45) is 5.92 Å². The van der Waals surface area contributed by atoms with E-state index >= 15 is 0 Å². The summed E-state index contributed by atoms with van der Waals surface area (Å²) in [6.45, 7) is 4.48. The molecule has 1 aliphatic carbocycles. The van der Waals surface area contributed by atoms with Gasteiger partial charge in [0.25, 0.3) is 0 Å². The lowest BCUT2D eigenvalue weighted by Gasteiger charge is -2.13. The first-order valence-corrected chi connectivity index (χ1v) is 5.25. The van der Waals surface area contributed by atoms with E-state index in [0.29, 0.717) is 0 Å². The average Bonchev–Trinajstić information content (AvgIpc) is 2.21. The lowest BCUT2D eigenvalue weighted by atomic mass is 9.92. The maximum absolute atomic E-state index is 7.10. The highest BCUT2D eigenvalue weighted by Gasteiger charge is 2.05. The summed E-state index contributed by atoms with van der Waals surface area (Å²) in [6.07, 6.45) is 17.6. The van der Waals surface area contributed by atoms with Crippen LogP contribution in [0.5, 0.6) is 0 Å². The predicted octanol–water partition coefficient (Wildman–Crippen LogP) is 3.65. The van der Waals surface area contributed by atoms with Gasteiger partial charge in [0.2, 0.25) is 0 Å². The molecule has 0 aromatic heterocycles. The van der Waals surface area contributed by atoms with Crippen molar-refractivity contribution in [1.82, 2.24) is 0 Å². The molecule has 0 aliphatic heterocycles. The highest BCUT2D eigenvalue weighted by atomic mass is 16.2. The zero-order chi connectivity index (χ0) is 10.8. The molecule has 1 atom stereocenters. The Morgan fingerprint density at radius 1 is 1.57 bits per heavy atom. The Morgan fingerprint density at radius 2 is 2.21 bits per heavy atom. The van der Waals surface area contributed by atoms with Gasteiger partial charge in [-0.3, -0.25) is 0 Å². The number of rotatable bonds is 3. The molecular formula is C13H20O. The first-order chi connectivity index (χ1) is 6.78. The monoisotopic (exact) mass is 192 g/mol. The van der Waals surface area contributed by atoms with Gasteiger partial charge in [0.05, 0.1) is 0 Å². The molecule has 1 heteroatoms. The van der Waals surface area contributed by atoms with E-state index in [1.807, 2.05) is 0 Å². The minimum absolute atomic E-state index is 0.829. The van der Waals surface area contributed by atoms with Crippen LogP contribution in [0.4, 0.5) is 0 Å². The fourth-order valence-corrected chi connectivity index (χ4v) is 1.56. The van der Waals surface area contributed by atoms with Crippen LogP contribution in [0.25, 0.3) is 0 Å². The summed E-state index contributed by atoms with van der Waals surface area (Å²) in [7, 11) is 0. The predicted molar refractivity (Wildman–Crippen MR) is 61.3 cm³/mol. The van der Waals surface area contributed by atoms with Crippen LogP contribution < -0.4 is 0 Å². The third-order valence-corrected chi connectivity index (χ3v) is 2.33. The molecule has 0 heterocycles. The van der Waals surface area contributed by atoms with E-state index in [1.54, 1.807) is 0 Å². The molecular weight excluding hydrogens is 172 g/mol. The fraction of sp³-hybridized carbons (Fsp3) is 0.538. The van der Waals surface area contributed by atoms with Crippen LogP contribution in [0.1, 0.15) is 39.5 Å². The van der Waals surface area contributed by atoms with E-state index < -0.39 is 0 Å². The second kappa shape index (κ2) is 8.44. The van der Waals surface area contributed by atoms with Gasteiger partial charge in [-0.05, 0) is 25.2 Å². The SMILES string of the molecule is C#CO.CCCC1C=CC(CC)=CC1. The smallest absolute Gasteiger partial charge is 0.103 e. The maximum Gasteiger partial charge on any atom is 0.103 e. The van der Waals surface area contributed by atoms with E-state index in [9.17, 15) is 0 Å².